The molecule has 0 fully saturated rings. The molecule has 3 nitrogen and oxygen atoms in total. The molecule has 2 aromatic heterocycles. The predicted octanol–water partition coefficient (Wildman–Crippen LogP) is 2.64. The van der Waals surface area contributed by atoms with E-state index in [9.17, 15) is 0 Å². The fourth-order valence-electron chi connectivity index (χ4n) is 1.84. The Kier molecular flexibility index (Phi) is 4.28. The largest absolute Gasteiger partial charge is 0.329 e. The summed E-state index contributed by atoms with van der Waals surface area (Å²) in [6, 6.07) is 4.51. The molecule has 0 saturated heterocycles. The average Bonchev–Trinajstić information content (AvgIpc) is 2.92. The Bertz CT molecular complexity index is 450. The number of hydrogen-bond donors (Lipinski definition) is 1. The van der Waals surface area contributed by atoms with Crippen molar-refractivity contribution in [3.8, 4) is 0 Å². The van der Waals surface area contributed by atoms with Gasteiger partial charge in [0.1, 0.15) is 0 Å². The van der Waals surface area contributed by atoms with Gasteiger partial charge in [0, 0.05) is 23.3 Å². The summed E-state index contributed by atoms with van der Waals surface area (Å²) >= 11 is 3.46. The molecule has 0 aliphatic carbocycles. The minimum absolute atomic E-state index is 0.289. The third-order valence-electron chi connectivity index (χ3n) is 2.70. The number of aryl methyl sites for hydroxylation is 1. The van der Waals surface area contributed by atoms with Gasteiger partial charge < -0.3 is 5.73 Å². The smallest absolute Gasteiger partial charge is 0.0897 e. The van der Waals surface area contributed by atoms with Crippen molar-refractivity contribution in [3.63, 3.8) is 0 Å². The number of likely N-dealkylation sites (N-methyl/N-ethyl adjacent to an activating group) is 1. The topological polar surface area (TPSA) is 42.2 Å². The minimum Gasteiger partial charge on any atom is -0.329 e. The Morgan fingerprint density at radius 2 is 2.29 bits per heavy atom. The van der Waals surface area contributed by atoms with Crippen LogP contribution in [-0.4, -0.2) is 23.5 Å². The number of nitrogens with zero attached hydrogens (tertiary/aromatic N) is 2. The number of nitrogens with two attached hydrogens (primary N) is 1. The van der Waals surface area contributed by atoms with Gasteiger partial charge in [0.15, 0.2) is 0 Å². The Morgan fingerprint density at radius 3 is 2.82 bits per heavy atom. The van der Waals surface area contributed by atoms with E-state index >= 15 is 0 Å². The fraction of sp³-hybridized carbons (Fsp3) is 0.417. The van der Waals surface area contributed by atoms with Gasteiger partial charge in [-0.15, -0.1) is 22.7 Å². The number of rotatable bonds is 5. The second-order valence-corrected chi connectivity index (χ2v) is 6.08. The van der Waals surface area contributed by atoms with Crippen LogP contribution >= 0.6 is 22.7 Å². The van der Waals surface area contributed by atoms with Gasteiger partial charge in [-0.05, 0) is 25.4 Å². The zero-order valence-corrected chi connectivity index (χ0v) is 11.7. The molecular weight excluding hydrogens is 250 g/mol. The highest BCUT2D eigenvalue weighted by atomic mass is 32.1. The molecule has 0 aromatic carbocycles. The molecule has 0 radical (unpaired) electrons. The van der Waals surface area contributed by atoms with Crippen LogP contribution in [-0.2, 0) is 6.54 Å². The van der Waals surface area contributed by atoms with Gasteiger partial charge in [-0.3, -0.25) is 4.90 Å². The van der Waals surface area contributed by atoms with E-state index in [1.807, 2.05) is 6.92 Å². The molecule has 1 unspecified atom stereocenters. The van der Waals surface area contributed by atoms with Gasteiger partial charge in [-0.25, -0.2) is 4.98 Å². The Hall–Kier alpha value is -0.750. The number of thiophene rings is 1. The monoisotopic (exact) mass is 267 g/mol. The molecule has 2 N–H and O–H groups in total. The second-order valence-electron chi connectivity index (χ2n) is 4.04. The van der Waals surface area contributed by atoms with Crippen LogP contribution in [0.3, 0.4) is 0 Å². The van der Waals surface area contributed by atoms with Gasteiger partial charge in [0.25, 0.3) is 0 Å². The number of thiazole rings is 1. The summed E-state index contributed by atoms with van der Waals surface area (Å²) in [6.45, 7) is 3.53. The van der Waals surface area contributed by atoms with Crippen LogP contribution in [0.5, 0.6) is 0 Å². The molecule has 92 valence electrons. The van der Waals surface area contributed by atoms with Gasteiger partial charge >= 0.3 is 0 Å². The zero-order chi connectivity index (χ0) is 12.3. The van der Waals surface area contributed by atoms with Crippen LogP contribution in [0.2, 0.25) is 0 Å². The highest BCUT2D eigenvalue weighted by Gasteiger charge is 2.17. The molecule has 1 atom stereocenters. The lowest BCUT2D eigenvalue weighted by Crippen LogP contribution is -2.29. The third kappa shape index (κ3) is 3.13. The first-order valence-electron chi connectivity index (χ1n) is 5.55. The lowest BCUT2D eigenvalue weighted by atomic mass is 10.2. The van der Waals surface area contributed by atoms with Crippen molar-refractivity contribution in [1.82, 2.24) is 9.88 Å². The number of aromatic nitrogens is 1. The number of hydrogen-bond acceptors (Lipinski definition) is 5. The van der Waals surface area contributed by atoms with E-state index in [4.69, 9.17) is 5.73 Å². The summed E-state index contributed by atoms with van der Waals surface area (Å²) in [7, 11) is 2.10. The highest BCUT2D eigenvalue weighted by molar-refractivity contribution is 7.10. The maximum Gasteiger partial charge on any atom is 0.0897 e. The van der Waals surface area contributed by atoms with Crippen LogP contribution in [0.25, 0.3) is 0 Å². The molecule has 5 heteroatoms. The first kappa shape index (κ1) is 12.7. The lowest BCUT2D eigenvalue weighted by Gasteiger charge is -2.25. The van der Waals surface area contributed by atoms with Crippen molar-refractivity contribution in [2.24, 2.45) is 5.73 Å². The molecule has 0 bridgehead atoms. The Labute approximate surface area is 110 Å². The quantitative estimate of drug-likeness (QED) is 0.905. The van der Waals surface area contributed by atoms with Crippen molar-refractivity contribution >= 4 is 22.7 Å². The van der Waals surface area contributed by atoms with Crippen molar-refractivity contribution in [2.45, 2.75) is 19.5 Å². The van der Waals surface area contributed by atoms with Gasteiger partial charge in [0.05, 0.1) is 16.7 Å². The molecule has 0 spiro atoms. The molecule has 0 amide bonds. The van der Waals surface area contributed by atoms with Crippen molar-refractivity contribution in [2.75, 3.05) is 13.6 Å². The van der Waals surface area contributed by atoms with Crippen LogP contribution in [0.1, 0.15) is 21.6 Å². The van der Waals surface area contributed by atoms with Gasteiger partial charge in [0.2, 0.25) is 0 Å². The van der Waals surface area contributed by atoms with Crippen LogP contribution in [0, 0.1) is 6.92 Å². The van der Waals surface area contributed by atoms with E-state index in [0.29, 0.717) is 6.54 Å². The first-order valence-corrected chi connectivity index (χ1v) is 7.31. The minimum atomic E-state index is 0.289. The standard InChI is InChI=1S/C12H17N3S2/c1-9-14-10(8-17-9)7-15(2)11(6-13)12-4-3-5-16-12/h3-5,8,11H,6-7,13H2,1-2H3. The van der Waals surface area contributed by atoms with E-state index in [2.05, 4.69) is 39.8 Å². The van der Waals surface area contributed by atoms with E-state index in [1.165, 1.54) is 4.88 Å². The van der Waals surface area contributed by atoms with Crippen molar-refractivity contribution in [3.05, 3.63) is 38.5 Å². The Balaban J connectivity index is 2.05. The van der Waals surface area contributed by atoms with E-state index in [1.54, 1.807) is 22.7 Å². The SMILES string of the molecule is Cc1nc(CN(C)C(CN)c2cccs2)cs1. The van der Waals surface area contributed by atoms with Crippen LogP contribution < -0.4 is 5.73 Å². The normalized spacial score (nSPS) is 13.2. The maximum absolute atomic E-state index is 5.87. The van der Waals surface area contributed by atoms with E-state index in [-0.39, 0.29) is 6.04 Å². The summed E-state index contributed by atoms with van der Waals surface area (Å²) in [5.74, 6) is 0. The molecule has 2 aromatic rings. The summed E-state index contributed by atoms with van der Waals surface area (Å²) in [4.78, 5) is 8.07. The zero-order valence-electron chi connectivity index (χ0n) is 10.1. The molecule has 0 aliphatic heterocycles. The fourth-order valence-corrected chi connectivity index (χ4v) is 3.35. The highest BCUT2D eigenvalue weighted by Crippen LogP contribution is 2.24. The third-order valence-corrected chi connectivity index (χ3v) is 4.50. The van der Waals surface area contributed by atoms with Crippen molar-refractivity contribution in [1.29, 1.82) is 0 Å². The molecule has 2 rings (SSSR count). The molecule has 17 heavy (non-hydrogen) atoms. The van der Waals surface area contributed by atoms with E-state index < -0.39 is 0 Å². The summed E-state index contributed by atoms with van der Waals surface area (Å²) < 4.78 is 0. The molecule has 2 heterocycles. The lowest BCUT2D eigenvalue weighted by molar-refractivity contribution is 0.243. The van der Waals surface area contributed by atoms with E-state index in [0.717, 1.165) is 17.2 Å². The maximum atomic E-state index is 5.87. The molecule has 0 saturated carbocycles. The van der Waals surface area contributed by atoms with Gasteiger partial charge in [-0.2, -0.15) is 0 Å². The predicted molar refractivity (Wildman–Crippen MR) is 74.4 cm³/mol. The summed E-state index contributed by atoms with van der Waals surface area (Å²) in [6.07, 6.45) is 0. The van der Waals surface area contributed by atoms with Crippen LogP contribution in [0.15, 0.2) is 22.9 Å². The molecular formula is C12H17N3S2. The molecule has 0 aliphatic rings. The van der Waals surface area contributed by atoms with Gasteiger partial charge in [-0.1, -0.05) is 6.07 Å². The summed E-state index contributed by atoms with van der Waals surface area (Å²) in [5, 5.41) is 5.33. The van der Waals surface area contributed by atoms with Crippen molar-refractivity contribution < 1.29 is 0 Å². The second kappa shape index (κ2) is 5.73. The summed E-state index contributed by atoms with van der Waals surface area (Å²) in [5.41, 5.74) is 7.00. The first-order chi connectivity index (χ1) is 8.20. The Morgan fingerprint density at radius 1 is 1.47 bits per heavy atom. The van der Waals surface area contributed by atoms with Crippen LogP contribution in [0.4, 0.5) is 0 Å². The average molecular weight is 267 g/mol.